The molecule has 0 unspecified atom stereocenters. The van der Waals surface area contributed by atoms with Gasteiger partial charge in [0.05, 0.1) is 0 Å². The lowest BCUT2D eigenvalue weighted by Gasteiger charge is -2.32. The summed E-state index contributed by atoms with van der Waals surface area (Å²) >= 11 is 0. The van der Waals surface area contributed by atoms with Gasteiger partial charge in [-0.1, -0.05) is 0 Å². The highest BCUT2D eigenvalue weighted by Gasteiger charge is 2.23. The molecule has 0 spiro atoms. The van der Waals surface area contributed by atoms with Crippen molar-refractivity contribution in [2.45, 2.75) is 25.8 Å². The van der Waals surface area contributed by atoms with Crippen LogP contribution in [0.3, 0.4) is 0 Å². The van der Waals surface area contributed by atoms with Crippen LogP contribution >= 0.6 is 0 Å². The molecule has 1 fully saturated rings. The van der Waals surface area contributed by atoms with E-state index in [0.717, 1.165) is 24.9 Å². The SMILES string of the molecule is CN[C@H]1CCCN(C(=O)c2cc(C)cc(F)c2)C1. The quantitative estimate of drug-likeness (QED) is 0.870. The van der Waals surface area contributed by atoms with E-state index in [4.69, 9.17) is 0 Å². The van der Waals surface area contributed by atoms with Crippen LogP contribution in [0.1, 0.15) is 28.8 Å². The van der Waals surface area contributed by atoms with Gasteiger partial charge in [0.15, 0.2) is 0 Å². The van der Waals surface area contributed by atoms with Crippen LogP contribution in [0.2, 0.25) is 0 Å². The fourth-order valence-electron chi connectivity index (χ4n) is 2.44. The largest absolute Gasteiger partial charge is 0.337 e. The second-order valence-corrected chi connectivity index (χ2v) is 4.90. The Morgan fingerprint density at radius 2 is 2.22 bits per heavy atom. The van der Waals surface area contributed by atoms with Crippen molar-refractivity contribution >= 4 is 5.91 Å². The number of hydrogen-bond donors (Lipinski definition) is 1. The van der Waals surface area contributed by atoms with Gasteiger partial charge in [-0.05, 0) is 50.6 Å². The first-order valence-electron chi connectivity index (χ1n) is 6.34. The summed E-state index contributed by atoms with van der Waals surface area (Å²) in [4.78, 5) is 14.1. The zero-order valence-corrected chi connectivity index (χ0v) is 10.9. The van der Waals surface area contributed by atoms with Gasteiger partial charge in [-0.2, -0.15) is 0 Å². The second-order valence-electron chi connectivity index (χ2n) is 4.90. The number of aryl methyl sites for hydroxylation is 1. The van der Waals surface area contributed by atoms with Crippen LogP contribution in [0.4, 0.5) is 4.39 Å². The third-order valence-electron chi connectivity index (χ3n) is 3.41. The number of piperidine rings is 1. The first-order chi connectivity index (χ1) is 8.60. The molecule has 98 valence electrons. The normalized spacial score (nSPS) is 19.9. The minimum absolute atomic E-state index is 0.0717. The van der Waals surface area contributed by atoms with Crippen LogP contribution in [0.5, 0.6) is 0 Å². The molecule has 1 saturated heterocycles. The molecule has 2 rings (SSSR count). The third-order valence-corrected chi connectivity index (χ3v) is 3.41. The molecule has 1 N–H and O–H groups in total. The maximum absolute atomic E-state index is 13.3. The summed E-state index contributed by atoms with van der Waals surface area (Å²) < 4.78 is 13.3. The summed E-state index contributed by atoms with van der Waals surface area (Å²) in [5.74, 6) is -0.418. The number of likely N-dealkylation sites (tertiary alicyclic amines) is 1. The lowest BCUT2D eigenvalue weighted by Crippen LogP contribution is -2.47. The summed E-state index contributed by atoms with van der Waals surface area (Å²) in [6.45, 7) is 3.25. The van der Waals surface area contributed by atoms with Crippen molar-refractivity contribution in [3.05, 3.63) is 35.1 Å². The fourth-order valence-corrected chi connectivity index (χ4v) is 2.44. The third kappa shape index (κ3) is 2.88. The van der Waals surface area contributed by atoms with Gasteiger partial charge in [0.1, 0.15) is 5.82 Å². The predicted molar refractivity (Wildman–Crippen MR) is 69.1 cm³/mol. The molecule has 3 nitrogen and oxygen atoms in total. The van der Waals surface area contributed by atoms with E-state index in [0.29, 0.717) is 18.2 Å². The van der Waals surface area contributed by atoms with Crippen molar-refractivity contribution in [2.75, 3.05) is 20.1 Å². The number of likely N-dealkylation sites (N-methyl/N-ethyl adjacent to an activating group) is 1. The number of nitrogens with zero attached hydrogens (tertiary/aromatic N) is 1. The molecule has 0 bridgehead atoms. The molecule has 1 aromatic rings. The van der Waals surface area contributed by atoms with E-state index in [1.807, 2.05) is 7.05 Å². The molecule has 18 heavy (non-hydrogen) atoms. The van der Waals surface area contributed by atoms with E-state index in [2.05, 4.69) is 5.32 Å². The molecule has 0 radical (unpaired) electrons. The first kappa shape index (κ1) is 13.0. The second kappa shape index (κ2) is 5.48. The number of rotatable bonds is 2. The molecule has 1 amide bonds. The Kier molecular flexibility index (Phi) is 3.97. The highest BCUT2D eigenvalue weighted by Crippen LogP contribution is 2.15. The lowest BCUT2D eigenvalue weighted by molar-refractivity contribution is 0.0697. The first-order valence-corrected chi connectivity index (χ1v) is 6.34. The molecular weight excluding hydrogens is 231 g/mol. The number of nitrogens with one attached hydrogen (secondary N) is 1. The van der Waals surface area contributed by atoms with E-state index in [1.54, 1.807) is 17.9 Å². The van der Waals surface area contributed by atoms with Gasteiger partial charge in [-0.3, -0.25) is 4.79 Å². The molecule has 0 aliphatic carbocycles. The summed E-state index contributed by atoms with van der Waals surface area (Å²) in [7, 11) is 1.91. The van der Waals surface area contributed by atoms with Gasteiger partial charge in [0.25, 0.3) is 5.91 Å². The molecule has 1 atom stereocenters. The van der Waals surface area contributed by atoms with E-state index in [1.165, 1.54) is 12.1 Å². The zero-order chi connectivity index (χ0) is 13.1. The summed E-state index contributed by atoms with van der Waals surface area (Å²) in [5, 5.41) is 3.20. The molecular formula is C14H19FN2O. The Bertz CT molecular complexity index is 427. The number of hydrogen-bond acceptors (Lipinski definition) is 2. The minimum atomic E-state index is -0.347. The van der Waals surface area contributed by atoms with E-state index in [-0.39, 0.29) is 11.7 Å². The van der Waals surface area contributed by atoms with Gasteiger partial charge in [0.2, 0.25) is 0 Å². The fraction of sp³-hybridized carbons (Fsp3) is 0.500. The van der Waals surface area contributed by atoms with Gasteiger partial charge in [-0.25, -0.2) is 4.39 Å². The smallest absolute Gasteiger partial charge is 0.254 e. The van der Waals surface area contributed by atoms with E-state index < -0.39 is 0 Å². The summed E-state index contributed by atoms with van der Waals surface area (Å²) in [5.41, 5.74) is 1.23. The van der Waals surface area contributed by atoms with Gasteiger partial charge < -0.3 is 10.2 Å². The van der Waals surface area contributed by atoms with Crippen LogP contribution in [0.25, 0.3) is 0 Å². The van der Waals surface area contributed by atoms with Crippen molar-refractivity contribution in [3.8, 4) is 0 Å². The number of carbonyl (C=O) groups excluding carboxylic acids is 1. The molecule has 1 aromatic carbocycles. The average molecular weight is 250 g/mol. The highest BCUT2D eigenvalue weighted by molar-refractivity contribution is 5.94. The average Bonchev–Trinajstić information content (AvgIpc) is 2.37. The number of benzene rings is 1. The van der Waals surface area contributed by atoms with Crippen LogP contribution in [0, 0.1) is 12.7 Å². The monoisotopic (exact) mass is 250 g/mol. The topological polar surface area (TPSA) is 32.3 Å². The summed E-state index contributed by atoms with van der Waals surface area (Å²) in [6, 6.07) is 4.84. The lowest BCUT2D eigenvalue weighted by atomic mass is 10.0. The molecule has 1 aliphatic rings. The maximum Gasteiger partial charge on any atom is 0.254 e. The van der Waals surface area contributed by atoms with Crippen LogP contribution in [-0.4, -0.2) is 37.0 Å². The van der Waals surface area contributed by atoms with Crippen LogP contribution in [-0.2, 0) is 0 Å². The zero-order valence-electron chi connectivity index (χ0n) is 10.9. The Balaban J connectivity index is 2.15. The van der Waals surface area contributed by atoms with Crippen molar-refractivity contribution in [1.29, 1.82) is 0 Å². The van der Waals surface area contributed by atoms with Gasteiger partial charge >= 0.3 is 0 Å². The molecule has 4 heteroatoms. The standard InChI is InChI=1S/C14H19FN2O/c1-10-6-11(8-12(15)7-10)14(18)17-5-3-4-13(9-17)16-2/h6-8,13,16H,3-5,9H2,1-2H3/t13-/m0/s1. The maximum atomic E-state index is 13.3. The molecule has 0 saturated carbocycles. The van der Waals surface area contributed by atoms with Crippen molar-refractivity contribution in [1.82, 2.24) is 10.2 Å². The number of amides is 1. The van der Waals surface area contributed by atoms with Gasteiger partial charge in [0, 0.05) is 24.7 Å². The van der Waals surface area contributed by atoms with E-state index >= 15 is 0 Å². The van der Waals surface area contributed by atoms with Crippen molar-refractivity contribution in [2.24, 2.45) is 0 Å². The Hall–Kier alpha value is -1.42. The van der Waals surface area contributed by atoms with Crippen LogP contribution in [0.15, 0.2) is 18.2 Å². The van der Waals surface area contributed by atoms with Crippen molar-refractivity contribution < 1.29 is 9.18 Å². The Morgan fingerprint density at radius 3 is 2.89 bits per heavy atom. The number of halogens is 1. The number of carbonyl (C=O) groups is 1. The van der Waals surface area contributed by atoms with Gasteiger partial charge in [-0.15, -0.1) is 0 Å². The molecule has 1 aliphatic heterocycles. The molecule has 0 aromatic heterocycles. The van der Waals surface area contributed by atoms with Crippen LogP contribution < -0.4 is 5.32 Å². The summed E-state index contributed by atoms with van der Waals surface area (Å²) in [6.07, 6.45) is 2.08. The van der Waals surface area contributed by atoms with Crippen molar-refractivity contribution in [3.63, 3.8) is 0 Å². The Morgan fingerprint density at radius 1 is 1.44 bits per heavy atom. The molecule has 1 heterocycles. The minimum Gasteiger partial charge on any atom is -0.337 e. The Labute approximate surface area is 107 Å². The van der Waals surface area contributed by atoms with E-state index in [9.17, 15) is 9.18 Å². The highest BCUT2D eigenvalue weighted by atomic mass is 19.1. The predicted octanol–water partition coefficient (Wildman–Crippen LogP) is 1.96.